The average molecular weight is 552 g/mol. The first kappa shape index (κ1) is 22.4. The van der Waals surface area contributed by atoms with Gasteiger partial charge in [0.25, 0.3) is 5.56 Å². The number of pyridine rings is 1. The standard InChI is InChI=1S/C25H22BrN5O3S/c26-17-6-7-20-18(10-17)23(27-28-24(33)21-4-2-8-35-21)25(34)31(20)14-29-11-15-9-16(13-29)19-3-1-5-22(32)30(19)12-15/h1-8,10,15-16,34H,9,11-14H2/t15-,16+/m1/s1. The van der Waals surface area contributed by atoms with Gasteiger partial charge < -0.3 is 9.67 Å². The molecule has 1 N–H and O–H groups in total. The number of carbonyl (C=O) groups is 1. The summed E-state index contributed by atoms with van der Waals surface area (Å²) < 4.78 is 4.59. The first-order valence-corrected chi connectivity index (χ1v) is 13.1. The normalized spacial score (nSPS) is 19.9. The van der Waals surface area contributed by atoms with Crippen LogP contribution in [0.15, 0.2) is 73.4 Å². The van der Waals surface area contributed by atoms with Gasteiger partial charge in [-0.2, -0.15) is 0 Å². The molecule has 35 heavy (non-hydrogen) atoms. The number of hydrogen-bond donors (Lipinski definition) is 1. The number of aromatic nitrogens is 2. The van der Waals surface area contributed by atoms with Gasteiger partial charge in [0.1, 0.15) is 0 Å². The molecule has 1 aromatic carbocycles. The SMILES string of the molecule is O=C(N=Nc1c(O)n(CN2C[C@H]3C[C@@H](C2)c2cccc(=O)n2C3)c2ccc(Br)cc12)c1cccs1. The van der Waals surface area contributed by atoms with E-state index >= 15 is 0 Å². The second-order valence-corrected chi connectivity index (χ2v) is 11.0. The van der Waals surface area contributed by atoms with Crippen LogP contribution in [0.5, 0.6) is 5.88 Å². The van der Waals surface area contributed by atoms with E-state index in [0.29, 0.717) is 22.8 Å². The van der Waals surface area contributed by atoms with Crippen LogP contribution in [0.1, 0.15) is 27.7 Å². The number of carbonyl (C=O) groups excluding carboxylic acids is 1. The number of amides is 1. The van der Waals surface area contributed by atoms with Gasteiger partial charge in [-0.3, -0.25) is 19.1 Å². The maximum atomic E-state index is 12.4. The van der Waals surface area contributed by atoms with E-state index in [1.54, 1.807) is 18.2 Å². The Hall–Kier alpha value is -3.08. The van der Waals surface area contributed by atoms with Crippen molar-refractivity contribution in [2.45, 2.75) is 25.6 Å². The lowest BCUT2D eigenvalue weighted by molar-refractivity contribution is 0.0922. The van der Waals surface area contributed by atoms with Crippen molar-refractivity contribution in [1.82, 2.24) is 14.0 Å². The second-order valence-electron chi connectivity index (χ2n) is 9.12. The second kappa shape index (κ2) is 8.85. The Morgan fingerprint density at radius 1 is 1.14 bits per heavy atom. The predicted molar refractivity (Wildman–Crippen MR) is 138 cm³/mol. The van der Waals surface area contributed by atoms with E-state index < -0.39 is 5.91 Å². The third-order valence-corrected chi connectivity index (χ3v) is 8.19. The zero-order valence-electron chi connectivity index (χ0n) is 18.7. The number of halogens is 1. The third kappa shape index (κ3) is 4.05. The van der Waals surface area contributed by atoms with Crippen LogP contribution in [0.2, 0.25) is 0 Å². The fourth-order valence-corrected chi connectivity index (χ4v) is 6.36. The molecule has 4 aromatic rings. The summed E-state index contributed by atoms with van der Waals surface area (Å²) in [6, 6.07) is 14.7. The fourth-order valence-electron chi connectivity index (χ4n) is 5.39. The van der Waals surface area contributed by atoms with Crippen molar-refractivity contribution >= 4 is 49.8 Å². The van der Waals surface area contributed by atoms with Crippen LogP contribution in [0.4, 0.5) is 5.69 Å². The Labute approximate surface area is 213 Å². The maximum absolute atomic E-state index is 12.4. The summed E-state index contributed by atoms with van der Waals surface area (Å²) in [6.45, 7) is 2.82. The number of thiophene rings is 1. The number of azo groups is 1. The Morgan fingerprint density at radius 2 is 2.03 bits per heavy atom. The van der Waals surface area contributed by atoms with Crippen molar-refractivity contribution < 1.29 is 9.90 Å². The van der Waals surface area contributed by atoms with Gasteiger partial charge in [-0.1, -0.05) is 28.1 Å². The van der Waals surface area contributed by atoms with E-state index in [2.05, 4.69) is 37.1 Å². The van der Waals surface area contributed by atoms with Crippen LogP contribution >= 0.6 is 27.3 Å². The molecule has 1 saturated heterocycles. The lowest BCUT2D eigenvalue weighted by atomic mass is 9.83. The molecule has 0 spiro atoms. The molecule has 0 aliphatic carbocycles. The van der Waals surface area contributed by atoms with E-state index in [-0.39, 0.29) is 23.0 Å². The zero-order chi connectivity index (χ0) is 24.1. The quantitative estimate of drug-likeness (QED) is 0.347. The van der Waals surface area contributed by atoms with Crippen molar-refractivity contribution in [3.05, 3.63) is 79.3 Å². The number of rotatable bonds is 4. The van der Waals surface area contributed by atoms with E-state index in [0.717, 1.165) is 41.7 Å². The minimum atomic E-state index is -0.437. The summed E-state index contributed by atoms with van der Waals surface area (Å²) >= 11 is 4.80. The van der Waals surface area contributed by atoms with Crippen LogP contribution in [0, 0.1) is 5.92 Å². The Balaban J connectivity index is 1.33. The molecule has 2 atom stereocenters. The number of piperidine rings is 1. The maximum Gasteiger partial charge on any atom is 0.305 e. The molecule has 1 amide bonds. The molecule has 0 saturated carbocycles. The summed E-state index contributed by atoms with van der Waals surface area (Å²) in [5.74, 6) is 0.195. The summed E-state index contributed by atoms with van der Waals surface area (Å²) in [4.78, 5) is 27.5. The van der Waals surface area contributed by atoms with Gasteiger partial charge in [-0.15, -0.1) is 21.6 Å². The van der Waals surface area contributed by atoms with Crippen molar-refractivity contribution in [2.75, 3.05) is 13.1 Å². The number of fused-ring (bicyclic) bond motifs is 5. The summed E-state index contributed by atoms with van der Waals surface area (Å²) in [7, 11) is 0. The highest BCUT2D eigenvalue weighted by Gasteiger charge is 2.35. The number of nitrogens with zero attached hydrogens (tertiary/aromatic N) is 5. The summed E-state index contributed by atoms with van der Waals surface area (Å²) in [5.41, 5.74) is 2.25. The average Bonchev–Trinajstić information content (AvgIpc) is 3.46. The zero-order valence-corrected chi connectivity index (χ0v) is 21.1. The lowest BCUT2D eigenvalue weighted by Gasteiger charge is -2.42. The molecule has 10 heteroatoms. The fraction of sp³-hybridized carbons (Fsp3) is 0.280. The van der Waals surface area contributed by atoms with Gasteiger partial charge in [-0.25, -0.2) is 0 Å². The van der Waals surface area contributed by atoms with Crippen LogP contribution in [-0.4, -0.2) is 38.1 Å². The minimum absolute atomic E-state index is 0.0202. The number of likely N-dealkylation sites (tertiary alicyclic amines) is 1. The number of hydrogen-bond acceptors (Lipinski definition) is 6. The van der Waals surface area contributed by atoms with Gasteiger partial charge in [0.05, 0.1) is 17.1 Å². The monoisotopic (exact) mass is 551 g/mol. The highest BCUT2D eigenvalue weighted by atomic mass is 79.9. The number of benzene rings is 1. The number of aromatic hydroxyl groups is 1. The van der Waals surface area contributed by atoms with E-state index in [9.17, 15) is 14.7 Å². The molecule has 6 rings (SSSR count). The van der Waals surface area contributed by atoms with Gasteiger partial charge in [-0.05, 0) is 48.1 Å². The van der Waals surface area contributed by atoms with Crippen molar-refractivity contribution in [1.29, 1.82) is 0 Å². The molecule has 2 aliphatic heterocycles. The van der Waals surface area contributed by atoms with E-state index in [1.807, 2.05) is 38.8 Å². The minimum Gasteiger partial charge on any atom is -0.493 e. The van der Waals surface area contributed by atoms with Crippen molar-refractivity contribution in [3.63, 3.8) is 0 Å². The first-order valence-electron chi connectivity index (χ1n) is 11.4. The largest absolute Gasteiger partial charge is 0.493 e. The van der Waals surface area contributed by atoms with Crippen LogP contribution in [-0.2, 0) is 13.2 Å². The Morgan fingerprint density at radius 3 is 2.86 bits per heavy atom. The molecule has 1 fully saturated rings. The van der Waals surface area contributed by atoms with Gasteiger partial charge >= 0.3 is 5.91 Å². The molecule has 5 heterocycles. The molecule has 178 valence electrons. The third-order valence-electron chi connectivity index (χ3n) is 6.84. The molecule has 2 bridgehead atoms. The molecular weight excluding hydrogens is 530 g/mol. The van der Waals surface area contributed by atoms with Crippen LogP contribution in [0.3, 0.4) is 0 Å². The van der Waals surface area contributed by atoms with E-state index in [4.69, 9.17) is 0 Å². The predicted octanol–water partition coefficient (Wildman–Crippen LogP) is 5.33. The van der Waals surface area contributed by atoms with Gasteiger partial charge in [0, 0.05) is 47.2 Å². The van der Waals surface area contributed by atoms with Gasteiger partial charge in [0.2, 0.25) is 5.88 Å². The topological polar surface area (TPSA) is 92.2 Å². The van der Waals surface area contributed by atoms with E-state index in [1.165, 1.54) is 11.3 Å². The summed E-state index contributed by atoms with van der Waals surface area (Å²) in [6.07, 6.45) is 1.07. The Bertz CT molecular complexity index is 1520. The lowest BCUT2D eigenvalue weighted by Crippen LogP contribution is -2.47. The van der Waals surface area contributed by atoms with Crippen molar-refractivity contribution in [3.8, 4) is 5.88 Å². The molecule has 0 unspecified atom stereocenters. The molecule has 0 radical (unpaired) electrons. The molecule has 2 aliphatic rings. The Kier molecular flexibility index (Phi) is 5.66. The summed E-state index contributed by atoms with van der Waals surface area (Å²) in [5, 5.41) is 21.8. The highest BCUT2D eigenvalue weighted by Crippen LogP contribution is 2.41. The highest BCUT2D eigenvalue weighted by molar-refractivity contribution is 9.10. The smallest absolute Gasteiger partial charge is 0.305 e. The van der Waals surface area contributed by atoms with Crippen LogP contribution in [0.25, 0.3) is 10.9 Å². The van der Waals surface area contributed by atoms with Crippen LogP contribution < -0.4 is 5.56 Å². The molecule has 8 nitrogen and oxygen atoms in total. The van der Waals surface area contributed by atoms with Crippen molar-refractivity contribution in [2.24, 2.45) is 16.1 Å². The molecule has 3 aromatic heterocycles. The first-order chi connectivity index (χ1) is 17.0. The molecular formula is C25H22BrN5O3S. The van der Waals surface area contributed by atoms with Gasteiger partial charge in [0.15, 0.2) is 5.69 Å².